The van der Waals surface area contributed by atoms with Crippen molar-refractivity contribution in [1.29, 1.82) is 0 Å². The van der Waals surface area contributed by atoms with Crippen LogP contribution in [0.25, 0.3) is 11.1 Å². The number of nitrogens with zero attached hydrogens (tertiary/aromatic N) is 2. The van der Waals surface area contributed by atoms with E-state index in [1.165, 1.54) is 21.6 Å². The average molecular weight is 333 g/mol. The second kappa shape index (κ2) is 5.73. The molecule has 2 aromatic rings. The first-order valence-corrected chi connectivity index (χ1v) is 8.75. The fourth-order valence-electron chi connectivity index (χ4n) is 3.97. The lowest BCUT2D eigenvalue weighted by molar-refractivity contribution is -0.128. The Balaban J connectivity index is 1.59. The molecule has 0 spiro atoms. The van der Waals surface area contributed by atoms with Gasteiger partial charge in [0.25, 0.3) is 0 Å². The Kier molecular flexibility index (Phi) is 3.64. The lowest BCUT2D eigenvalue weighted by Crippen LogP contribution is -2.49. The first-order valence-electron chi connectivity index (χ1n) is 8.75. The molecule has 128 valence electrons. The highest BCUT2D eigenvalue weighted by molar-refractivity contribution is 5.98. The van der Waals surface area contributed by atoms with E-state index in [0.29, 0.717) is 24.2 Å². The molecule has 4 nitrogen and oxygen atoms in total. The van der Waals surface area contributed by atoms with Crippen molar-refractivity contribution < 1.29 is 4.79 Å². The van der Waals surface area contributed by atoms with Crippen LogP contribution < -0.4 is 5.73 Å². The molecule has 1 amide bonds. The summed E-state index contributed by atoms with van der Waals surface area (Å²) in [5, 5.41) is 0. The number of benzene rings is 2. The van der Waals surface area contributed by atoms with Crippen LogP contribution in [0.3, 0.4) is 0 Å². The molecule has 1 aliphatic carbocycles. The van der Waals surface area contributed by atoms with Crippen LogP contribution in [-0.4, -0.2) is 29.4 Å². The number of aliphatic imine (C=N–C) groups is 1. The van der Waals surface area contributed by atoms with Gasteiger partial charge in [0.05, 0.1) is 12.0 Å². The van der Waals surface area contributed by atoms with Crippen LogP contribution in [0.5, 0.6) is 0 Å². The third-order valence-corrected chi connectivity index (χ3v) is 5.61. The summed E-state index contributed by atoms with van der Waals surface area (Å²) in [6.07, 6.45) is 1.49. The minimum Gasteiger partial charge on any atom is -0.369 e. The van der Waals surface area contributed by atoms with Crippen LogP contribution in [0.15, 0.2) is 59.6 Å². The third-order valence-electron chi connectivity index (χ3n) is 5.61. The van der Waals surface area contributed by atoms with Gasteiger partial charge in [-0.2, -0.15) is 0 Å². The van der Waals surface area contributed by atoms with Crippen molar-refractivity contribution in [2.45, 2.75) is 31.2 Å². The summed E-state index contributed by atoms with van der Waals surface area (Å²) in [6, 6.07) is 19.1. The summed E-state index contributed by atoms with van der Waals surface area (Å²) in [6.45, 7) is 2.07. The van der Waals surface area contributed by atoms with E-state index in [1.54, 1.807) is 7.05 Å². The number of carbonyl (C=O) groups excluding carboxylic acids is 1. The van der Waals surface area contributed by atoms with E-state index >= 15 is 0 Å². The van der Waals surface area contributed by atoms with Crippen LogP contribution in [0.1, 0.15) is 31.2 Å². The molecule has 3 atom stereocenters. The number of guanidine groups is 1. The molecule has 0 saturated heterocycles. The minimum absolute atomic E-state index is 0.0543. The van der Waals surface area contributed by atoms with Gasteiger partial charge in [0.1, 0.15) is 0 Å². The number of nitrogens with two attached hydrogens (primary N) is 1. The van der Waals surface area contributed by atoms with E-state index in [9.17, 15) is 4.79 Å². The molecule has 1 fully saturated rings. The van der Waals surface area contributed by atoms with Crippen LogP contribution in [0.2, 0.25) is 0 Å². The number of hydrogen-bond donors (Lipinski definition) is 1. The van der Waals surface area contributed by atoms with Gasteiger partial charge in [0.15, 0.2) is 5.96 Å². The molecule has 2 aliphatic rings. The van der Waals surface area contributed by atoms with E-state index in [2.05, 4.69) is 60.4 Å². The monoisotopic (exact) mass is 333 g/mol. The molecule has 25 heavy (non-hydrogen) atoms. The maximum absolute atomic E-state index is 12.2. The van der Waals surface area contributed by atoms with E-state index in [0.717, 1.165) is 6.42 Å². The van der Waals surface area contributed by atoms with Crippen molar-refractivity contribution >= 4 is 11.9 Å². The lowest BCUT2D eigenvalue weighted by Gasteiger charge is -2.33. The highest BCUT2D eigenvalue weighted by atomic mass is 16.2. The van der Waals surface area contributed by atoms with Crippen LogP contribution in [0, 0.1) is 5.92 Å². The standard InChI is InChI=1S/C21H23N3O/c1-21(13-19(25)24(2)20(22)23-21)18-12-17(18)16-10-6-9-15(11-16)14-7-4-3-5-8-14/h3-11,17-18H,12-13H2,1-2H3,(H2,22,23)/t17-,18+,21-/m0/s1. The summed E-state index contributed by atoms with van der Waals surface area (Å²) < 4.78 is 0. The van der Waals surface area contributed by atoms with Gasteiger partial charge < -0.3 is 5.73 Å². The second-order valence-corrected chi connectivity index (χ2v) is 7.40. The molecule has 0 unspecified atom stereocenters. The largest absolute Gasteiger partial charge is 0.369 e. The van der Waals surface area contributed by atoms with Crippen molar-refractivity contribution in [2.75, 3.05) is 7.05 Å². The first kappa shape index (κ1) is 15.9. The van der Waals surface area contributed by atoms with Crippen molar-refractivity contribution in [3.63, 3.8) is 0 Å². The Labute approximate surface area is 148 Å². The van der Waals surface area contributed by atoms with Crippen molar-refractivity contribution in [3.8, 4) is 11.1 Å². The summed E-state index contributed by atoms with van der Waals surface area (Å²) >= 11 is 0. The molecule has 4 heteroatoms. The van der Waals surface area contributed by atoms with Gasteiger partial charge in [-0.1, -0.05) is 54.6 Å². The number of hydrogen-bond acceptors (Lipinski definition) is 3. The van der Waals surface area contributed by atoms with Gasteiger partial charge in [0, 0.05) is 7.05 Å². The van der Waals surface area contributed by atoms with E-state index in [-0.39, 0.29) is 11.4 Å². The van der Waals surface area contributed by atoms with Crippen LogP contribution in [0.4, 0.5) is 0 Å². The Hall–Kier alpha value is -2.62. The third kappa shape index (κ3) is 2.82. The zero-order valence-corrected chi connectivity index (χ0v) is 14.6. The number of carbonyl (C=O) groups is 1. The maximum Gasteiger partial charge on any atom is 0.231 e. The summed E-state index contributed by atoms with van der Waals surface area (Å²) in [5.74, 6) is 1.21. The predicted molar refractivity (Wildman–Crippen MR) is 100 cm³/mol. The Morgan fingerprint density at radius 3 is 2.56 bits per heavy atom. The maximum atomic E-state index is 12.2. The molecule has 0 aromatic heterocycles. The van der Waals surface area contributed by atoms with Gasteiger partial charge in [-0.25, -0.2) is 4.99 Å². The highest BCUT2D eigenvalue weighted by Gasteiger charge is 2.53. The fourth-order valence-corrected chi connectivity index (χ4v) is 3.97. The predicted octanol–water partition coefficient (Wildman–Crippen LogP) is 3.39. The van der Waals surface area contributed by atoms with E-state index in [4.69, 9.17) is 5.73 Å². The minimum atomic E-state index is -0.388. The topological polar surface area (TPSA) is 58.7 Å². The zero-order chi connectivity index (χ0) is 17.6. The molecule has 4 rings (SSSR count). The molecular formula is C21H23N3O. The lowest BCUT2D eigenvalue weighted by atomic mass is 9.87. The van der Waals surface area contributed by atoms with E-state index in [1.807, 2.05) is 6.07 Å². The smallest absolute Gasteiger partial charge is 0.231 e. The van der Waals surface area contributed by atoms with Crippen LogP contribution >= 0.6 is 0 Å². The first-order chi connectivity index (χ1) is 12.0. The molecule has 1 saturated carbocycles. The van der Waals surface area contributed by atoms with Gasteiger partial charge in [-0.15, -0.1) is 0 Å². The summed E-state index contributed by atoms with van der Waals surface area (Å²) in [5.41, 5.74) is 9.35. The molecule has 0 radical (unpaired) electrons. The Morgan fingerprint density at radius 2 is 1.84 bits per heavy atom. The molecule has 0 bridgehead atoms. The fraction of sp³-hybridized carbons (Fsp3) is 0.333. The van der Waals surface area contributed by atoms with Crippen molar-refractivity contribution in [2.24, 2.45) is 16.6 Å². The molecule has 1 heterocycles. The van der Waals surface area contributed by atoms with Gasteiger partial charge >= 0.3 is 0 Å². The quantitative estimate of drug-likeness (QED) is 0.936. The SMILES string of the molecule is CN1C(=O)C[C@@](C)([C@@H]2C[C@H]2c2cccc(-c3ccccc3)c2)N=C1N. The van der Waals surface area contributed by atoms with Crippen molar-refractivity contribution in [1.82, 2.24) is 4.90 Å². The van der Waals surface area contributed by atoms with Gasteiger partial charge in [-0.05, 0) is 41.9 Å². The molecule has 1 aliphatic heterocycles. The summed E-state index contributed by atoms with van der Waals surface area (Å²) in [4.78, 5) is 18.3. The molecule has 2 aromatic carbocycles. The number of amides is 1. The zero-order valence-electron chi connectivity index (χ0n) is 14.6. The normalized spacial score (nSPS) is 28.6. The molecular weight excluding hydrogens is 310 g/mol. The average Bonchev–Trinajstić information content (AvgIpc) is 3.42. The Morgan fingerprint density at radius 1 is 1.12 bits per heavy atom. The second-order valence-electron chi connectivity index (χ2n) is 7.40. The van der Waals surface area contributed by atoms with Gasteiger partial charge in [0.2, 0.25) is 5.91 Å². The Bertz CT molecular complexity index is 845. The van der Waals surface area contributed by atoms with Crippen LogP contribution in [-0.2, 0) is 4.79 Å². The molecule has 2 N–H and O–H groups in total. The summed E-state index contributed by atoms with van der Waals surface area (Å²) in [7, 11) is 1.69. The van der Waals surface area contributed by atoms with Crippen molar-refractivity contribution in [3.05, 3.63) is 60.2 Å². The van der Waals surface area contributed by atoms with Gasteiger partial charge in [-0.3, -0.25) is 9.69 Å². The highest BCUT2D eigenvalue weighted by Crippen LogP contribution is 2.56. The number of rotatable bonds is 3. The van der Waals surface area contributed by atoms with E-state index < -0.39 is 0 Å².